The molecule has 3 rings (SSSR count). The molecular weight excluding hydrogens is 390 g/mol. The van der Waals surface area contributed by atoms with Crippen LogP contribution in [0.5, 0.6) is 11.5 Å². The summed E-state index contributed by atoms with van der Waals surface area (Å²) in [6.07, 6.45) is 2.61. The van der Waals surface area contributed by atoms with E-state index >= 15 is 0 Å². The Morgan fingerprint density at radius 3 is 2.29 bits per heavy atom. The molecule has 6 nitrogen and oxygen atoms in total. The van der Waals surface area contributed by atoms with E-state index in [1.54, 1.807) is 30.5 Å². The number of rotatable bonds is 9. The number of amides is 1. The van der Waals surface area contributed by atoms with Gasteiger partial charge in [0.25, 0.3) is 5.91 Å². The van der Waals surface area contributed by atoms with Crippen LogP contribution >= 0.6 is 0 Å². The monoisotopic (exact) mass is 419 g/mol. The molecule has 1 amide bonds. The third kappa shape index (κ3) is 5.54. The van der Waals surface area contributed by atoms with Crippen LogP contribution in [-0.2, 0) is 0 Å². The lowest BCUT2D eigenvalue weighted by Gasteiger charge is -2.11. The molecule has 1 N–H and O–H groups in total. The standard InChI is InChI=1S/C25H29N3O3/c1-5-15-31-24-11-7-20(8-12-24)25(29)27-26-17-21-16-18(3)28(19(21)4)22-9-13-23(14-10-22)30-6-2/h7-14,16-17H,5-6,15H2,1-4H3,(H,27,29)/b26-17+. The van der Waals surface area contributed by atoms with E-state index in [-0.39, 0.29) is 5.91 Å². The van der Waals surface area contributed by atoms with Gasteiger partial charge in [-0.25, -0.2) is 5.43 Å². The van der Waals surface area contributed by atoms with Gasteiger partial charge in [-0.05, 0) is 81.8 Å². The van der Waals surface area contributed by atoms with E-state index in [0.717, 1.165) is 40.6 Å². The van der Waals surface area contributed by atoms with Crippen LogP contribution in [0.1, 0.15) is 47.6 Å². The van der Waals surface area contributed by atoms with Crippen LogP contribution in [0.4, 0.5) is 0 Å². The number of aryl methyl sites for hydroxylation is 1. The molecule has 0 aliphatic carbocycles. The van der Waals surface area contributed by atoms with Gasteiger partial charge < -0.3 is 14.0 Å². The average Bonchev–Trinajstić information content (AvgIpc) is 3.06. The number of nitrogens with one attached hydrogen (secondary N) is 1. The van der Waals surface area contributed by atoms with Crippen molar-refractivity contribution in [3.63, 3.8) is 0 Å². The Bertz CT molecular complexity index is 1040. The minimum Gasteiger partial charge on any atom is -0.494 e. The molecule has 0 unspecified atom stereocenters. The topological polar surface area (TPSA) is 64.8 Å². The molecule has 0 saturated carbocycles. The van der Waals surface area contributed by atoms with E-state index in [4.69, 9.17) is 9.47 Å². The zero-order chi connectivity index (χ0) is 22.2. The van der Waals surface area contributed by atoms with E-state index in [9.17, 15) is 4.79 Å². The minimum absolute atomic E-state index is 0.265. The Hall–Kier alpha value is -3.54. The van der Waals surface area contributed by atoms with E-state index in [2.05, 4.69) is 22.0 Å². The van der Waals surface area contributed by atoms with Crippen molar-refractivity contribution in [3.8, 4) is 17.2 Å². The molecule has 2 aromatic carbocycles. The third-order valence-electron chi connectivity index (χ3n) is 4.84. The van der Waals surface area contributed by atoms with Gasteiger partial charge in [-0.3, -0.25) is 4.79 Å². The van der Waals surface area contributed by atoms with E-state index in [1.807, 2.05) is 51.1 Å². The van der Waals surface area contributed by atoms with Crippen molar-refractivity contribution in [1.29, 1.82) is 0 Å². The molecule has 0 spiro atoms. The van der Waals surface area contributed by atoms with E-state index in [0.29, 0.717) is 18.8 Å². The third-order valence-corrected chi connectivity index (χ3v) is 4.84. The zero-order valence-electron chi connectivity index (χ0n) is 18.5. The second kappa shape index (κ2) is 10.5. The molecular formula is C25H29N3O3. The number of carbonyl (C=O) groups is 1. The molecule has 3 aromatic rings. The molecule has 0 aliphatic heterocycles. The van der Waals surface area contributed by atoms with Crippen LogP contribution in [0.3, 0.4) is 0 Å². The lowest BCUT2D eigenvalue weighted by Crippen LogP contribution is -2.17. The Kier molecular flexibility index (Phi) is 7.49. The second-order valence-electron chi connectivity index (χ2n) is 7.16. The predicted octanol–water partition coefficient (Wildman–Crippen LogP) is 5.05. The minimum atomic E-state index is -0.265. The highest BCUT2D eigenvalue weighted by Gasteiger charge is 2.10. The van der Waals surface area contributed by atoms with Crippen molar-refractivity contribution in [2.75, 3.05) is 13.2 Å². The Morgan fingerprint density at radius 1 is 1.00 bits per heavy atom. The van der Waals surface area contributed by atoms with Crippen LogP contribution < -0.4 is 14.9 Å². The van der Waals surface area contributed by atoms with Crippen LogP contribution in [0.25, 0.3) is 5.69 Å². The predicted molar refractivity (Wildman–Crippen MR) is 124 cm³/mol. The van der Waals surface area contributed by atoms with E-state index in [1.165, 1.54) is 0 Å². The maximum absolute atomic E-state index is 12.3. The zero-order valence-corrected chi connectivity index (χ0v) is 18.5. The summed E-state index contributed by atoms with van der Waals surface area (Å²) in [6, 6.07) is 17.1. The summed E-state index contributed by atoms with van der Waals surface area (Å²) >= 11 is 0. The summed E-state index contributed by atoms with van der Waals surface area (Å²) in [6.45, 7) is 9.39. The van der Waals surface area contributed by atoms with Gasteiger partial charge in [-0.15, -0.1) is 0 Å². The molecule has 31 heavy (non-hydrogen) atoms. The molecule has 0 bridgehead atoms. The number of hydrazone groups is 1. The SMILES string of the molecule is CCCOc1ccc(C(=O)N/N=C/c2cc(C)n(-c3ccc(OCC)cc3)c2C)cc1. The molecule has 6 heteroatoms. The fraction of sp³-hybridized carbons (Fsp3) is 0.280. The summed E-state index contributed by atoms with van der Waals surface area (Å²) in [7, 11) is 0. The van der Waals surface area contributed by atoms with Crippen LogP contribution in [-0.4, -0.2) is 29.9 Å². The number of hydrogen-bond donors (Lipinski definition) is 1. The van der Waals surface area contributed by atoms with Crippen LogP contribution in [0.15, 0.2) is 59.7 Å². The summed E-state index contributed by atoms with van der Waals surface area (Å²) in [5, 5.41) is 4.15. The molecule has 0 aliphatic rings. The number of nitrogens with zero attached hydrogens (tertiary/aromatic N) is 2. The fourth-order valence-corrected chi connectivity index (χ4v) is 3.32. The van der Waals surface area contributed by atoms with Crippen LogP contribution in [0.2, 0.25) is 0 Å². The van der Waals surface area contributed by atoms with Gasteiger partial charge in [0.2, 0.25) is 0 Å². The molecule has 0 saturated heterocycles. The number of ether oxygens (including phenoxy) is 2. The number of aromatic nitrogens is 1. The van der Waals surface area contributed by atoms with Gasteiger partial charge in [0.15, 0.2) is 0 Å². The summed E-state index contributed by atoms with van der Waals surface area (Å²) in [5.74, 6) is 1.34. The van der Waals surface area contributed by atoms with Gasteiger partial charge in [0, 0.05) is 28.2 Å². The first-order chi connectivity index (χ1) is 15.0. The smallest absolute Gasteiger partial charge is 0.271 e. The average molecular weight is 420 g/mol. The van der Waals surface area contributed by atoms with Gasteiger partial charge in [-0.2, -0.15) is 5.10 Å². The molecule has 1 aromatic heterocycles. The first-order valence-corrected chi connectivity index (χ1v) is 10.5. The molecule has 0 atom stereocenters. The highest BCUT2D eigenvalue weighted by molar-refractivity contribution is 5.95. The first-order valence-electron chi connectivity index (χ1n) is 10.5. The Labute approximate surface area is 183 Å². The molecule has 1 heterocycles. The number of benzene rings is 2. The van der Waals surface area contributed by atoms with Gasteiger partial charge in [0.1, 0.15) is 11.5 Å². The lowest BCUT2D eigenvalue weighted by atomic mass is 10.2. The van der Waals surface area contributed by atoms with Crippen molar-refractivity contribution < 1.29 is 14.3 Å². The van der Waals surface area contributed by atoms with Gasteiger partial charge in [0.05, 0.1) is 19.4 Å². The molecule has 0 fully saturated rings. The van der Waals surface area contributed by atoms with Gasteiger partial charge >= 0.3 is 0 Å². The summed E-state index contributed by atoms with van der Waals surface area (Å²) < 4.78 is 13.2. The quantitative estimate of drug-likeness (QED) is 0.390. The normalized spacial score (nSPS) is 11.0. The Morgan fingerprint density at radius 2 is 1.65 bits per heavy atom. The first kappa shape index (κ1) is 22.2. The molecule has 162 valence electrons. The van der Waals surface area contributed by atoms with Crippen molar-refractivity contribution in [2.24, 2.45) is 5.10 Å². The van der Waals surface area contributed by atoms with Crippen molar-refractivity contribution in [2.45, 2.75) is 34.1 Å². The van der Waals surface area contributed by atoms with Crippen LogP contribution in [0, 0.1) is 13.8 Å². The van der Waals surface area contributed by atoms with E-state index < -0.39 is 0 Å². The summed E-state index contributed by atoms with van der Waals surface area (Å²) in [4.78, 5) is 12.3. The molecule has 0 radical (unpaired) electrons. The number of hydrogen-bond acceptors (Lipinski definition) is 4. The lowest BCUT2D eigenvalue weighted by molar-refractivity contribution is 0.0955. The fourth-order valence-electron chi connectivity index (χ4n) is 3.32. The van der Waals surface area contributed by atoms with Crippen molar-refractivity contribution in [3.05, 3.63) is 77.1 Å². The summed E-state index contributed by atoms with van der Waals surface area (Å²) in [5.41, 5.74) is 7.23. The van der Waals surface area contributed by atoms with Crippen molar-refractivity contribution in [1.82, 2.24) is 9.99 Å². The van der Waals surface area contributed by atoms with Crippen molar-refractivity contribution >= 4 is 12.1 Å². The maximum Gasteiger partial charge on any atom is 0.271 e. The number of carbonyl (C=O) groups excluding carboxylic acids is 1. The Balaban J connectivity index is 1.67. The highest BCUT2D eigenvalue weighted by atomic mass is 16.5. The van der Waals surface area contributed by atoms with Gasteiger partial charge in [-0.1, -0.05) is 6.92 Å². The second-order valence-corrected chi connectivity index (χ2v) is 7.16. The largest absolute Gasteiger partial charge is 0.494 e. The highest BCUT2D eigenvalue weighted by Crippen LogP contribution is 2.22. The maximum atomic E-state index is 12.3.